The van der Waals surface area contributed by atoms with Gasteiger partial charge in [-0.25, -0.2) is 0 Å². The van der Waals surface area contributed by atoms with Crippen LogP contribution in [0, 0.1) is 6.92 Å². The number of nitrogens with one attached hydrogen (secondary N) is 1. The molecule has 0 unspecified atom stereocenters. The summed E-state index contributed by atoms with van der Waals surface area (Å²) in [6, 6.07) is 9.15. The molecule has 0 fully saturated rings. The molecule has 0 aliphatic rings. The van der Waals surface area contributed by atoms with E-state index in [1.54, 1.807) is 13.0 Å². The molecule has 1 heterocycles. The summed E-state index contributed by atoms with van der Waals surface area (Å²) in [5, 5.41) is 6.55. The van der Waals surface area contributed by atoms with Crippen LogP contribution in [0.5, 0.6) is 0 Å². The van der Waals surface area contributed by atoms with Crippen molar-refractivity contribution in [2.75, 3.05) is 5.32 Å². The first-order valence-corrected chi connectivity index (χ1v) is 5.90. The molecule has 0 atom stereocenters. The quantitative estimate of drug-likeness (QED) is 0.947. The molecular formula is C12H11BrN2O2. The molecule has 17 heavy (non-hydrogen) atoms. The fourth-order valence-corrected chi connectivity index (χ4v) is 1.67. The first-order chi connectivity index (χ1) is 8.13. The lowest BCUT2D eigenvalue weighted by molar-refractivity contribution is -0.115. The van der Waals surface area contributed by atoms with Crippen molar-refractivity contribution < 1.29 is 9.32 Å². The molecule has 0 radical (unpaired) electrons. The van der Waals surface area contributed by atoms with Gasteiger partial charge in [-0.1, -0.05) is 21.1 Å². The standard InChI is InChI=1S/C12H11BrN2O2/c1-8-6-11(15-17-8)7-12(16)14-10-4-2-9(13)3-5-10/h2-6H,7H2,1H3,(H,14,16). The zero-order chi connectivity index (χ0) is 12.3. The van der Waals surface area contributed by atoms with Crippen LogP contribution in [0.3, 0.4) is 0 Å². The summed E-state index contributed by atoms with van der Waals surface area (Å²) in [5.41, 5.74) is 1.40. The zero-order valence-corrected chi connectivity index (χ0v) is 10.8. The maximum Gasteiger partial charge on any atom is 0.230 e. The summed E-state index contributed by atoms with van der Waals surface area (Å²) in [6.07, 6.45) is 0.216. The average molecular weight is 295 g/mol. The lowest BCUT2D eigenvalue weighted by Gasteiger charge is -2.03. The summed E-state index contributed by atoms with van der Waals surface area (Å²) in [6.45, 7) is 1.79. The number of hydrogen-bond donors (Lipinski definition) is 1. The number of carbonyl (C=O) groups is 1. The summed E-state index contributed by atoms with van der Waals surface area (Å²) < 4.78 is 5.87. The van der Waals surface area contributed by atoms with Gasteiger partial charge in [0.2, 0.25) is 5.91 Å². The third-order valence-electron chi connectivity index (χ3n) is 2.15. The van der Waals surface area contributed by atoms with Crippen molar-refractivity contribution >= 4 is 27.5 Å². The highest BCUT2D eigenvalue weighted by molar-refractivity contribution is 9.10. The molecule has 1 aromatic heterocycles. The van der Waals surface area contributed by atoms with Crippen LogP contribution in [-0.4, -0.2) is 11.1 Å². The molecule has 2 aromatic rings. The van der Waals surface area contributed by atoms with Gasteiger partial charge in [0.15, 0.2) is 0 Å². The molecule has 0 aliphatic heterocycles. The summed E-state index contributed by atoms with van der Waals surface area (Å²) >= 11 is 3.33. The minimum Gasteiger partial charge on any atom is -0.361 e. The van der Waals surface area contributed by atoms with Crippen LogP contribution in [0.25, 0.3) is 0 Å². The lowest BCUT2D eigenvalue weighted by atomic mass is 10.2. The molecule has 4 nitrogen and oxygen atoms in total. The first-order valence-electron chi connectivity index (χ1n) is 5.11. The number of aryl methyl sites for hydroxylation is 1. The minimum absolute atomic E-state index is 0.111. The SMILES string of the molecule is Cc1cc(CC(=O)Nc2ccc(Br)cc2)no1. The molecule has 5 heteroatoms. The van der Waals surface area contributed by atoms with Crippen molar-refractivity contribution in [3.8, 4) is 0 Å². The van der Waals surface area contributed by atoms with Gasteiger partial charge in [-0.3, -0.25) is 4.79 Å². The Morgan fingerprint density at radius 3 is 2.71 bits per heavy atom. The van der Waals surface area contributed by atoms with Gasteiger partial charge in [-0.2, -0.15) is 0 Å². The lowest BCUT2D eigenvalue weighted by Crippen LogP contribution is -2.14. The fraction of sp³-hybridized carbons (Fsp3) is 0.167. The van der Waals surface area contributed by atoms with Gasteiger partial charge in [0.05, 0.1) is 12.1 Å². The van der Waals surface area contributed by atoms with Gasteiger partial charge in [0.1, 0.15) is 5.76 Å². The van der Waals surface area contributed by atoms with Crippen LogP contribution in [0.1, 0.15) is 11.5 Å². The molecule has 0 spiro atoms. The van der Waals surface area contributed by atoms with Crippen molar-refractivity contribution in [3.63, 3.8) is 0 Å². The molecule has 2 rings (SSSR count). The van der Waals surface area contributed by atoms with Gasteiger partial charge in [0, 0.05) is 16.2 Å². The summed E-state index contributed by atoms with van der Waals surface area (Å²) in [5.74, 6) is 0.595. The number of halogens is 1. The Morgan fingerprint density at radius 1 is 1.41 bits per heavy atom. The van der Waals surface area contributed by atoms with Gasteiger partial charge in [-0.15, -0.1) is 0 Å². The highest BCUT2D eigenvalue weighted by atomic mass is 79.9. The number of rotatable bonds is 3. The Labute approximate surface area is 107 Å². The van der Waals surface area contributed by atoms with Gasteiger partial charge >= 0.3 is 0 Å². The average Bonchev–Trinajstić information content (AvgIpc) is 2.67. The number of carbonyl (C=O) groups excluding carboxylic acids is 1. The summed E-state index contributed by atoms with van der Waals surface area (Å²) in [4.78, 5) is 11.7. The summed E-state index contributed by atoms with van der Waals surface area (Å²) in [7, 11) is 0. The Balaban J connectivity index is 1.95. The van der Waals surface area contributed by atoms with Crippen molar-refractivity contribution in [3.05, 3.63) is 46.3 Å². The molecule has 0 bridgehead atoms. The largest absolute Gasteiger partial charge is 0.361 e. The van der Waals surface area contributed by atoms with E-state index in [1.807, 2.05) is 24.3 Å². The Morgan fingerprint density at radius 2 is 2.12 bits per heavy atom. The zero-order valence-electron chi connectivity index (χ0n) is 9.24. The van der Waals surface area contributed by atoms with Crippen molar-refractivity contribution in [2.24, 2.45) is 0 Å². The number of anilines is 1. The fourth-order valence-electron chi connectivity index (χ4n) is 1.40. The minimum atomic E-state index is -0.111. The normalized spacial score (nSPS) is 10.2. The second-order valence-electron chi connectivity index (χ2n) is 3.66. The third kappa shape index (κ3) is 3.42. The second kappa shape index (κ2) is 5.14. The molecule has 0 saturated carbocycles. The van der Waals surface area contributed by atoms with Crippen LogP contribution in [0.4, 0.5) is 5.69 Å². The van der Waals surface area contributed by atoms with E-state index in [2.05, 4.69) is 26.4 Å². The molecule has 1 aromatic carbocycles. The van der Waals surface area contributed by atoms with E-state index in [0.29, 0.717) is 11.5 Å². The Hall–Kier alpha value is -1.62. The smallest absolute Gasteiger partial charge is 0.230 e. The maximum atomic E-state index is 11.7. The monoisotopic (exact) mass is 294 g/mol. The van der Waals surface area contributed by atoms with Crippen molar-refractivity contribution in [2.45, 2.75) is 13.3 Å². The Bertz CT molecular complexity index is 520. The predicted molar refractivity (Wildman–Crippen MR) is 67.7 cm³/mol. The molecular weight excluding hydrogens is 284 g/mol. The van der Waals surface area contributed by atoms with E-state index in [0.717, 1.165) is 10.2 Å². The number of benzene rings is 1. The van der Waals surface area contributed by atoms with E-state index in [4.69, 9.17) is 4.52 Å². The molecule has 0 aliphatic carbocycles. The highest BCUT2D eigenvalue weighted by Gasteiger charge is 2.07. The third-order valence-corrected chi connectivity index (χ3v) is 2.68. The molecule has 0 saturated heterocycles. The van der Waals surface area contributed by atoms with Gasteiger partial charge < -0.3 is 9.84 Å². The van der Waals surface area contributed by atoms with E-state index in [1.165, 1.54) is 0 Å². The molecule has 88 valence electrons. The number of hydrogen-bond acceptors (Lipinski definition) is 3. The highest BCUT2D eigenvalue weighted by Crippen LogP contribution is 2.14. The molecule has 1 N–H and O–H groups in total. The van der Waals surface area contributed by atoms with Crippen molar-refractivity contribution in [1.82, 2.24) is 5.16 Å². The van der Waals surface area contributed by atoms with Crippen LogP contribution >= 0.6 is 15.9 Å². The van der Waals surface area contributed by atoms with Crippen LogP contribution in [0.2, 0.25) is 0 Å². The first kappa shape index (κ1) is 11.9. The topological polar surface area (TPSA) is 55.1 Å². The number of nitrogens with zero attached hydrogens (tertiary/aromatic N) is 1. The van der Waals surface area contributed by atoms with Gasteiger partial charge in [0.25, 0.3) is 0 Å². The van der Waals surface area contributed by atoms with Crippen molar-refractivity contribution in [1.29, 1.82) is 0 Å². The van der Waals surface area contributed by atoms with E-state index < -0.39 is 0 Å². The van der Waals surface area contributed by atoms with Gasteiger partial charge in [-0.05, 0) is 31.2 Å². The van der Waals surface area contributed by atoms with Crippen LogP contribution in [-0.2, 0) is 11.2 Å². The van der Waals surface area contributed by atoms with E-state index >= 15 is 0 Å². The predicted octanol–water partition coefficient (Wildman–Crippen LogP) is 2.93. The number of amides is 1. The Kier molecular flexibility index (Phi) is 3.58. The van der Waals surface area contributed by atoms with E-state index in [9.17, 15) is 4.79 Å². The van der Waals surface area contributed by atoms with Crippen LogP contribution in [0.15, 0.2) is 39.3 Å². The molecule has 1 amide bonds. The maximum absolute atomic E-state index is 11.7. The van der Waals surface area contributed by atoms with E-state index in [-0.39, 0.29) is 12.3 Å². The second-order valence-corrected chi connectivity index (χ2v) is 4.58. The van der Waals surface area contributed by atoms with Crippen LogP contribution < -0.4 is 5.32 Å². The number of aromatic nitrogens is 1.